The first-order valence-electron chi connectivity index (χ1n) is 8.27. The second kappa shape index (κ2) is 6.26. The van der Waals surface area contributed by atoms with Crippen LogP contribution in [0.3, 0.4) is 0 Å². The second-order valence-corrected chi connectivity index (χ2v) is 6.98. The molecule has 0 aliphatic carbocycles. The number of carbonyl (C=O) groups excluding carboxylic acids is 1. The number of rotatable bonds is 3. The first-order valence-corrected chi connectivity index (χ1v) is 8.27. The minimum atomic E-state index is -0.478. The molecule has 2 aromatic heterocycles. The number of aryl methyl sites for hydroxylation is 1. The van der Waals surface area contributed by atoms with Crippen LogP contribution in [0.1, 0.15) is 34.1 Å². The Hall–Kier alpha value is -2.38. The van der Waals surface area contributed by atoms with Crippen LogP contribution in [0.15, 0.2) is 12.7 Å². The quantitative estimate of drug-likeness (QED) is 0.928. The third-order valence-corrected chi connectivity index (χ3v) is 3.92. The molecule has 0 bridgehead atoms. The standard InChI is InChI=1S/C16H24N6O2/c1-5-21-10-19-12-13(17-9-18-14(12)21)20-11-6-7-22(8-11)15(23)24-16(2,3)4/h9-11H,5-8H2,1-4H3,(H,17,18,20)/t11-/m0/s1. The second-order valence-electron chi connectivity index (χ2n) is 6.98. The van der Waals surface area contributed by atoms with Crippen molar-refractivity contribution in [2.75, 3.05) is 18.4 Å². The zero-order chi connectivity index (χ0) is 17.3. The Morgan fingerprint density at radius 2 is 2.17 bits per heavy atom. The molecule has 3 rings (SSSR count). The average Bonchev–Trinajstić information content (AvgIpc) is 3.12. The Balaban J connectivity index is 1.68. The van der Waals surface area contributed by atoms with Crippen molar-refractivity contribution in [1.82, 2.24) is 24.4 Å². The minimum absolute atomic E-state index is 0.127. The lowest BCUT2D eigenvalue weighted by atomic mass is 10.2. The van der Waals surface area contributed by atoms with E-state index in [1.54, 1.807) is 17.6 Å². The Labute approximate surface area is 141 Å². The van der Waals surface area contributed by atoms with Gasteiger partial charge in [-0.05, 0) is 34.1 Å². The molecule has 2 aromatic rings. The van der Waals surface area contributed by atoms with E-state index in [-0.39, 0.29) is 12.1 Å². The highest BCUT2D eigenvalue weighted by Gasteiger charge is 2.30. The Morgan fingerprint density at radius 1 is 1.38 bits per heavy atom. The maximum Gasteiger partial charge on any atom is 0.410 e. The minimum Gasteiger partial charge on any atom is -0.444 e. The van der Waals surface area contributed by atoms with Crippen LogP contribution in [-0.2, 0) is 11.3 Å². The van der Waals surface area contributed by atoms with E-state index < -0.39 is 5.60 Å². The molecule has 1 saturated heterocycles. The number of nitrogens with one attached hydrogen (secondary N) is 1. The van der Waals surface area contributed by atoms with E-state index in [9.17, 15) is 4.79 Å². The number of likely N-dealkylation sites (tertiary alicyclic amines) is 1. The first kappa shape index (κ1) is 16.5. The molecule has 1 fully saturated rings. The van der Waals surface area contributed by atoms with Crippen LogP contribution < -0.4 is 5.32 Å². The smallest absolute Gasteiger partial charge is 0.410 e. The van der Waals surface area contributed by atoms with Gasteiger partial charge in [-0.3, -0.25) is 0 Å². The third-order valence-electron chi connectivity index (χ3n) is 3.92. The molecule has 0 saturated carbocycles. The van der Waals surface area contributed by atoms with Gasteiger partial charge in [0.25, 0.3) is 0 Å². The van der Waals surface area contributed by atoms with E-state index in [0.29, 0.717) is 18.9 Å². The van der Waals surface area contributed by atoms with Crippen LogP contribution in [0.25, 0.3) is 11.2 Å². The van der Waals surface area contributed by atoms with E-state index in [2.05, 4.69) is 20.3 Å². The molecule has 8 heteroatoms. The van der Waals surface area contributed by atoms with E-state index in [1.807, 2.05) is 32.3 Å². The first-order chi connectivity index (χ1) is 11.4. The maximum atomic E-state index is 12.1. The van der Waals surface area contributed by atoms with Gasteiger partial charge < -0.3 is 19.5 Å². The van der Waals surface area contributed by atoms with Gasteiger partial charge in [0, 0.05) is 25.7 Å². The molecule has 0 radical (unpaired) electrons. The number of fused-ring (bicyclic) bond motifs is 1. The van der Waals surface area contributed by atoms with Crippen LogP contribution in [0.2, 0.25) is 0 Å². The van der Waals surface area contributed by atoms with Crippen molar-refractivity contribution in [3.05, 3.63) is 12.7 Å². The third kappa shape index (κ3) is 3.42. The predicted molar refractivity (Wildman–Crippen MR) is 90.8 cm³/mol. The maximum absolute atomic E-state index is 12.1. The summed E-state index contributed by atoms with van der Waals surface area (Å²) in [5.74, 6) is 0.711. The summed E-state index contributed by atoms with van der Waals surface area (Å²) in [7, 11) is 0. The monoisotopic (exact) mass is 332 g/mol. The summed E-state index contributed by atoms with van der Waals surface area (Å²) in [6.07, 6.45) is 3.89. The Kier molecular flexibility index (Phi) is 4.29. The van der Waals surface area contributed by atoms with Gasteiger partial charge in [0.15, 0.2) is 11.5 Å². The molecule has 24 heavy (non-hydrogen) atoms. The van der Waals surface area contributed by atoms with Crippen LogP contribution in [0.5, 0.6) is 0 Å². The van der Waals surface area contributed by atoms with E-state index >= 15 is 0 Å². The van der Waals surface area contributed by atoms with Gasteiger partial charge >= 0.3 is 6.09 Å². The topological polar surface area (TPSA) is 85.2 Å². The number of nitrogens with zero attached hydrogens (tertiary/aromatic N) is 5. The Morgan fingerprint density at radius 3 is 2.88 bits per heavy atom. The fourth-order valence-electron chi connectivity index (χ4n) is 2.78. The van der Waals surface area contributed by atoms with Gasteiger partial charge in [-0.1, -0.05) is 0 Å². The molecule has 130 valence electrons. The molecule has 1 aliphatic heterocycles. The molecule has 0 aromatic carbocycles. The van der Waals surface area contributed by atoms with Crippen molar-refractivity contribution in [1.29, 1.82) is 0 Å². The normalized spacial score (nSPS) is 18.2. The van der Waals surface area contributed by atoms with Crippen molar-refractivity contribution in [3.63, 3.8) is 0 Å². The van der Waals surface area contributed by atoms with E-state index in [0.717, 1.165) is 24.1 Å². The average molecular weight is 332 g/mol. The highest BCUT2D eigenvalue weighted by molar-refractivity contribution is 5.82. The molecule has 1 amide bonds. The number of anilines is 1. The number of carbonyl (C=O) groups is 1. The molecule has 0 unspecified atom stereocenters. The van der Waals surface area contributed by atoms with Crippen molar-refractivity contribution in [3.8, 4) is 0 Å². The van der Waals surface area contributed by atoms with Gasteiger partial charge in [-0.25, -0.2) is 19.7 Å². The molecule has 1 atom stereocenters. The van der Waals surface area contributed by atoms with Crippen molar-refractivity contribution >= 4 is 23.1 Å². The predicted octanol–water partition coefficient (Wildman–Crippen LogP) is 2.27. The van der Waals surface area contributed by atoms with Gasteiger partial charge in [-0.15, -0.1) is 0 Å². The van der Waals surface area contributed by atoms with Crippen LogP contribution in [0.4, 0.5) is 10.6 Å². The van der Waals surface area contributed by atoms with Gasteiger partial charge in [0.05, 0.1) is 6.33 Å². The van der Waals surface area contributed by atoms with E-state index in [1.165, 1.54) is 0 Å². The zero-order valence-electron chi connectivity index (χ0n) is 14.6. The summed E-state index contributed by atoms with van der Waals surface area (Å²) >= 11 is 0. The van der Waals surface area contributed by atoms with Crippen LogP contribution in [0, 0.1) is 0 Å². The molecule has 1 aliphatic rings. The summed E-state index contributed by atoms with van der Waals surface area (Å²) in [4.78, 5) is 26.9. The Bertz CT molecular complexity index is 736. The molecular formula is C16H24N6O2. The molecule has 1 N–H and O–H groups in total. The number of hydrogen-bond donors (Lipinski definition) is 1. The van der Waals surface area contributed by atoms with Crippen LogP contribution >= 0.6 is 0 Å². The number of ether oxygens (including phenoxy) is 1. The lowest BCUT2D eigenvalue weighted by molar-refractivity contribution is 0.0293. The van der Waals surface area contributed by atoms with Crippen molar-refractivity contribution < 1.29 is 9.53 Å². The number of imidazole rings is 1. The largest absolute Gasteiger partial charge is 0.444 e. The zero-order valence-corrected chi connectivity index (χ0v) is 14.6. The summed E-state index contributed by atoms with van der Waals surface area (Å²) < 4.78 is 7.40. The van der Waals surface area contributed by atoms with Crippen LogP contribution in [-0.4, -0.2) is 55.2 Å². The van der Waals surface area contributed by atoms with Gasteiger partial charge in [0.2, 0.25) is 0 Å². The highest BCUT2D eigenvalue weighted by atomic mass is 16.6. The summed E-state index contributed by atoms with van der Waals surface area (Å²) in [5.41, 5.74) is 1.10. The highest BCUT2D eigenvalue weighted by Crippen LogP contribution is 2.22. The van der Waals surface area contributed by atoms with Gasteiger partial charge in [0.1, 0.15) is 17.4 Å². The SMILES string of the molecule is CCn1cnc2c(N[C@H]3CCN(C(=O)OC(C)(C)C)C3)ncnc21. The van der Waals surface area contributed by atoms with Crippen molar-refractivity contribution in [2.45, 2.75) is 52.3 Å². The lowest BCUT2D eigenvalue weighted by Crippen LogP contribution is -2.36. The number of hydrogen-bond acceptors (Lipinski definition) is 6. The molecule has 8 nitrogen and oxygen atoms in total. The van der Waals surface area contributed by atoms with Crippen molar-refractivity contribution in [2.24, 2.45) is 0 Å². The summed E-state index contributed by atoms with van der Waals surface area (Å²) in [6, 6.07) is 0.127. The molecular weight excluding hydrogens is 308 g/mol. The summed E-state index contributed by atoms with van der Waals surface area (Å²) in [6.45, 7) is 9.74. The fourth-order valence-corrected chi connectivity index (χ4v) is 2.78. The van der Waals surface area contributed by atoms with E-state index in [4.69, 9.17) is 4.74 Å². The number of aromatic nitrogens is 4. The van der Waals surface area contributed by atoms with Gasteiger partial charge in [-0.2, -0.15) is 0 Å². The molecule has 0 spiro atoms. The molecule has 3 heterocycles. The lowest BCUT2D eigenvalue weighted by Gasteiger charge is -2.24. The summed E-state index contributed by atoms with van der Waals surface area (Å²) in [5, 5.41) is 3.39. The number of amides is 1. The fraction of sp³-hybridized carbons (Fsp3) is 0.625.